The van der Waals surface area contributed by atoms with Crippen molar-refractivity contribution in [3.05, 3.63) is 47.5 Å². The zero-order valence-electron chi connectivity index (χ0n) is 22.6. The number of nitrogens with one attached hydrogen (secondary N) is 2. The van der Waals surface area contributed by atoms with Gasteiger partial charge in [0.25, 0.3) is 5.89 Å². The molecule has 0 radical (unpaired) electrons. The molecule has 1 aromatic heterocycles. The number of hydrogen-bond donors (Lipinski definition) is 3. The fraction of sp³-hybridized carbons (Fsp3) is 0.429. The molecule has 202 valence electrons. The minimum atomic E-state index is -0.614. The Balaban J connectivity index is 1.40. The lowest BCUT2D eigenvalue weighted by molar-refractivity contribution is -0.130. The predicted octanol–water partition coefficient (Wildman–Crippen LogP) is 4.26. The van der Waals surface area contributed by atoms with Crippen LogP contribution in [0.4, 0.5) is 16.2 Å². The van der Waals surface area contributed by atoms with Crippen molar-refractivity contribution in [1.82, 2.24) is 20.4 Å². The molecule has 3 aromatic rings. The van der Waals surface area contributed by atoms with Crippen molar-refractivity contribution < 1.29 is 18.8 Å². The van der Waals surface area contributed by atoms with E-state index in [1.54, 1.807) is 25.7 Å². The molecule has 4 rings (SSSR count). The Morgan fingerprint density at radius 2 is 1.79 bits per heavy atom. The van der Waals surface area contributed by atoms with Crippen LogP contribution in [0.15, 0.2) is 40.9 Å². The van der Waals surface area contributed by atoms with Crippen LogP contribution in [0.3, 0.4) is 0 Å². The molecule has 0 saturated carbocycles. The summed E-state index contributed by atoms with van der Waals surface area (Å²) in [6.07, 6.45) is 0.813. The van der Waals surface area contributed by atoms with E-state index in [-0.39, 0.29) is 18.5 Å². The molecule has 10 nitrogen and oxygen atoms in total. The second kappa shape index (κ2) is 11.1. The van der Waals surface area contributed by atoms with Gasteiger partial charge in [-0.15, -0.1) is 0 Å². The lowest BCUT2D eigenvalue weighted by Crippen LogP contribution is -2.42. The number of nitrogens with zero attached hydrogens (tertiary/aromatic N) is 3. The van der Waals surface area contributed by atoms with Gasteiger partial charge in [-0.3, -0.25) is 4.79 Å². The maximum atomic E-state index is 12.7. The summed E-state index contributed by atoms with van der Waals surface area (Å²) >= 11 is 0. The molecule has 0 fully saturated rings. The SMILES string of the molecule is CC(C)Nc1ccc(-c2nc(-c3ccc4c(c3)CCN(C(=O)CNC(=O)OC(C)(C)C)CC4)no2)cc1N. The molecule has 1 aliphatic rings. The second-order valence-corrected chi connectivity index (χ2v) is 10.7. The third kappa shape index (κ3) is 6.81. The lowest BCUT2D eigenvalue weighted by Gasteiger charge is -2.22. The molecule has 38 heavy (non-hydrogen) atoms. The largest absolute Gasteiger partial charge is 0.444 e. The van der Waals surface area contributed by atoms with Crippen molar-refractivity contribution in [2.24, 2.45) is 0 Å². The Morgan fingerprint density at radius 3 is 2.47 bits per heavy atom. The molecule has 0 spiro atoms. The number of carbonyl (C=O) groups is 2. The highest BCUT2D eigenvalue weighted by atomic mass is 16.6. The summed E-state index contributed by atoms with van der Waals surface area (Å²) in [7, 11) is 0. The normalized spacial score (nSPS) is 13.6. The van der Waals surface area contributed by atoms with Crippen molar-refractivity contribution in [3.63, 3.8) is 0 Å². The van der Waals surface area contributed by atoms with E-state index in [1.165, 1.54) is 5.56 Å². The van der Waals surface area contributed by atoms with Crippen LogP contribution in [0, 0.1) is 0 Å². The minimum Gasteiger partial charge on any atom is -0.444 e. The smallest absolute Gasteiger partial charge is 0.408 e. The van der Waals surface area contributed by atoms with Crippen LogP contribution in [-0.4, -0.2) is 58.3 Å². The van der Waals surface area contributed by atoms with E-state index in [2.05, 4.69) is 46.8 Å². The van der Waals surface area contributed by atoms with E-state index in [1.807, 2.05) is 24.3 Å². The number of carbonyl (C=O) groups excluding carboxylic acids is 2. The van der Waals surface area contributed by atoms with Crippen LogP contribution >= 0.6 is 0 Å². The van der Waals surface area contributed by atoms with E-state index in [4.69, 9.17) is 15.0 Å². The van der Waals surface area contributed by atoms with Gasteiger partial charge in [-0.05, 0) is 82.9 Å². The van der Waals surface area contributed by atoms with E-state index >= 15 is 0 Å². The summed E-state index contributed by atoms with van der Waals surface area (Å²) in [4.78, 5) is 31.0. The summed E-state index contributed by atoms with van der Waals surface area (Å²) in [5.74, 6) is 0.747. The number of rotatable bonds is 6. The summed E-state index contributed by atoms with van der Waals surface area (Å²) < 4.78 is 10.8. The van der Waals surface area contributed by atoms with Crippen molar-refractivity contribution in [1.29, 1.82) is 0 Å². The molecule has 2 aromatic carbocycles. The standard InChI is InChI=1S/C28H36N6O4/c1-17(2)31-23-9-8-21(15-22(23)29)26-32-25(33-38-26)20-7-6-18-10-12-34(13-11-19(18)14-20)24(35)16-30-27(36)37-28(3,4)5/h6-9,14-15,17,31H,10-13,16,29H2,1-5H3,(H,30,36). The molecule has 0 atom stereocenters. The average Bonchev–Trinajstić information content (AvgIpc) is 3.23. The summed E-state index contributed by atoms with van der Waals surface area (Å²) in [6, 6.07) is 12.0. The average molecular weight is 521 g/mol. The Hall–Kier alpha value is -4.08. The maximum absolute atomic E-state index is 12.7. The molecule has 2 heterocycles. The van der Waals surface area contributed by atoms with Crippen molar-refractivity contribution >= 4 is 23.4 Å². The van der Waals surface area contributed by atoms with Crippen molar-refractivity contribution in [2.75, 3.05) is 30.7 Å². The first kappa shape index (κ1) is 27.0. The van der Waals surface area contributed by atoms with E-state index in [0.29, 0.717) is 36.9 Å². The molecule has 4 N–H and O–H groups in total. The molecule has 0 unspecified atom stereocenters. The predicted molar refractivity (Wildman–Crippen MR) is 147 cm³/mol. The molecular weight excluding hydrogens is 484 g/mol. The molecular formula is C28H36N6O4. The third-order valence-corrected chi connectivity index (χ3v) is 6.07. The van der Waals surface area contributed by atoms with Gasteiger partial charge in [-0.25, -0.2) is 4.79 Å². The van der Waals surface area contributed by atoms with Gasteiger partial charge >= 0.3 is 6.09 Å². The van der Waals surface area contributed by atoms with Crippen LogP contribution in [0.25, 0.3) is 22.8 Å². The van der Waals surface area contributed by atoms with Gasteiger partial charge < -0.3 is 30.5 Å². The van der Waals surface area contributed by atoms with E-state index in [9.17, 15) is 9.59 Å². The number of fused-ring (bicyclic) bond motifs is 1. The fourth-order valence-corrected chi connectivity index (χ4v) is 4.28. The third-order valence-electron chi connectivity index (χ3n) is 6.07. The van der Waals surface area contributed by atoms with Gasteiger partial charge in [0.2, 0.25) is 11.7 Å². The van der Waals surface area contributed by atoms with Gasteiger partial charge in [0.05, 0.1) is 11.4 Å². The number of anilines is 2. The summed E-state index contributed by atoms with van der Waals surface area (Å²) in [5, 5.41) is 10.0. The number of ether oxygens (including phenoxy) is 1. The minimum absolute atomic E-state index is 0.0961. The van der Waals surface area contributed by atoms with Gasteiger partial charge in [0.15, 0.2) is 0 Å². The quantitative estimate of drug-likeness (QED) is 0.410. The van der Waals surface area contributed by atoms with Crippen LogP contribution in [-0.2, 0) is 22.4 Å². The number of alkyl carbamates (subject to hydrolysis) is 1. The number of aromatic nitrogens is 2. The molecule has 2 amide bonds. The highest BCUT2D eigenvalue weighted by molar-refractivity contribution is 5.82. The van der Waals surface area contributed by atoms with Gasteiger partial charge in [0.1, 0.15) is 12.1 Å². The van der Waals surface area contributed by atoms with Crippen molar-refractivity contribution in [2.45, 2.75) is 59.1 Å². The van der Waals surface area contributed by atoms with Crippen LogP contribution < -0.4 is 16.4 Å². The van der Waals surface area contributed by atoms with Gasteiger partial charge in [-0.1, -0.05) is 17.3 Å². The van der Waals surface area contributed by atoms with Crippen molar-refractivity contribution in [3.8, 4) is 22.8 Å². The van der Waals surface area contributed by atoms with Gasteiger partial charge in [-0.2, -0.15) is 4.98 Å². The molecule has 1 aliphatic heterocycles. The zero-order valence-corrected chi connectivity index (χ0v) is 22.6. The van der Waals surface area contributed by atoms with Crippen LogP contribution in [0.1, 0.15) is 45.7 Å². The Bertz CT molecular complexity index is 1310. The molecule has 0 aliphatic carbocycles. The maximum Gasteiger partial charge on any atom is 0.408 e. The van der Waals surface area contributed by atoms with E-state index in [0.717, 1.165) is 28.8 Å². The topological polar surface area (TPSA) is 136 Å². The first-order valence-corrected chi connectivity index (χ1v) is 12.9. The lowest BCUT2D eigenvalue weighted by atomic mass is 10.00. The molecule has 10 heteroatoms. The number of amides is 2. The Labute approximate surface area is 222 Å². The summed E-state index contributed by atoms with van der Waals surface area (Å²) in [6.45, 7) is 10.5. The van der Waals surface area contributed by atoms with Gasteiger partial charge in [0, 0.05) is 30.3 Å². The monoisotopic (exact) mass is 520 g/mol. The first-order chi connectivity index (χ1) is 18.0. The highest BCUT2D eigenvalue weighted by Crippen LogP contribution is 2.29. The van der Waals surface area contributed by atoms with Crippen LogP contribution in [0.2, 0.25) is 0 Å². The fourth-order valence-electron chi connectivity index (χ4n) is 4.28. The number of nitrogens with two attached hydrogens (primary N) is 1. The van der Waals surface area contributed by atoms with Crippen LogP contribution in [0.5, 0.6) is 0 Å². The number of hydrogen-bond acceptors (Lipinski definition) is 8. The first-order valence-electron chi connectivity index (χ1n) is 12.9. The Kier molecular flexibility index (Phi) is 7.89. The Morgan fingerprint density at radius 1 is 1.08 bits per heavy atom. The second-order valence-electron chi connectivity index (χ2n) is 10.7. The zero-order chi connectivity index (χ0) is 27.4. The molecule has 0 saturated heterocycles. The number of nitrogen functional groups attached to an aromatic ring is 1. The molecule has 0 bridgehead atoms. The van der Waals surface area contributed by atoms with E-state index < -0.39 is 11.7 Å². The number of benzene rings is 2. The highest BCUT2D eigenvalue weighted by Gasteiger charge is 2.22. The summed E-state index contributed by atoms with van der Waals surface area (Å²) in [5.41, 5.74) is 11.0.